The number of carbonyl (C=O) groups excluding carboxylic acids is 1. The average molecular weight is 331 g/mol. The Morgan fingerprint density at radius 2 is 2.00 bits per heavy atom. The number of amides is 1. The van der Waals surface area contributed by atoms with E-state index in [1.165, 1.54) is 19.3 Å². The van der Waals surface area contributed by atoms with Crippen LogP contribution in [0.4, 0.5) is 5.82 Å². The quantitative estimate of drug-likeness (QED) is 0.887. The van der Waals surface area contributed by atoms with Crippen molar-refractivity contribution in [1.82, 2.24) is 14.9 Å². The van der Waals surface area contributed by atoms with Gasteiger partial charge in [0, 0.05) is 19.6 Å². The number of ether oxygens (including phenoxy) is 1. The number of fused-ring (bicyclic) bond motifs is 1. The van der Waals surface area contributed by atoms with Crippen LogP contribution < -0.4 is 15.4 Å². The maximum atomic E-state index is 12.0. The molecule has 0 aromatic carbocycles. The van der Waals surface area contributed by atoms with E-state index in [0.29, 0.717) is 12.4 Å². The van der Waals surface area contributed by atoms with Gasteiger partial charge in [0.25, 0.3) is 0 Å². The Bertz CT molecular complexity index is 604. The summed E-state index contributed by atoms with van der Waals surface area (Å²) in [6.45, 7) is 2.23. The van der Waals surface area contributed by atoms with E-state index in [0.717, 1.165) is 38.2 Å². The van der Waals surface area contributed by atoms with Crippen LogP contribution in [-0.2, 0) is 4.79 Å². The van der Waals surface area contributed by atoms with Crippen LogP contribution in [0.2, 0.25) is 0 Å². The fraction of sp³-hybridized carbons (Fsp3) is 0.706. The highest BCUT2D eigenvalue weighted by Gasteiger charge is 2.40. The lowest BCUT2D eigenvalue weighted by atomic mass is 9.98. The van der Waals surface area contributed by atoms with Crippen LogP contribution in [0.5, 0.6) is 5.88 Å². The fourth-order valence-electron chi connectivity index (χ4n) is 4.06. The van der Waals surface area contributed by atoms with E-state index in [-0.39, 0.29) is 24.1 Å². The van der Waals surface area contributed by atoms with Crippen LogP contribution in [0, 0.1) is 0 Å². The van der Waals surface area contributed by atoms with E-state index in [1.807, 2.05) is 4.90 Å². The summed E-state index contributed by atoms with van der Waals surface area (Å²) in [5.74, 6) is 1.53. The van der Waals surface area contributed by atoms with Gasteiger partial charge in [0.05, 0.1) is 24.5 Å². The van der Waals surface area contributed by atoms with Crippen molar-refractivity contribution in [2.75, 3.05) is 24.5 Å². The summed E-state index contributed by atoms with van der Waals surface area (Å²) in [5.41, 5.74) is 5.89. The minimum atomic E-state index is -0.345. The van der Waals surface area contributed by atoms with Crippen molar-refractivity contribution >= 4 is 11.7 Å². The Balaban J connectivity index is 1.43. The minimum absolute atomic E-state index is 0.0834. The highest BCUT2D eigenvalue weighted by atomic mass is 16.5. The van der Waals surface area contributed by atoms with Gasteiger partial charge in [-0.3, -0.25) is 9.78 Å². The molecule has 1 amide bonds. The molecule has 7 heteroatoms. The average Bonchev–Trinajstić information content (AvgIpc) is 2.90. The summed E-state index contributed by atoms with van der Waals surface area (Å²) in [5, 5.41) is 0. The zero-order valence-electron chi connectivity index (χ0n) is 13.9. The lowest BCUT2D eigenvalue weighted by molar-refractivity contribution is -0.130. The van der Waals surface area contributed by atoms with Crippen molar-refractivity contribution in [3.8, 4) is 5.88 Å². The van der Waals surface area contributed by atoms with E-state index in [4.69, 9.17) is 10.5 Å². The van der Waals surface area contributed by atoms with Crippen molar-refractivity contribution < 1.29 is 9.53 Å². The van der Waals surface area contributed by atoms with E-state index >= 15 is 0 Å². The SMILES string of the molecule is NC1CC2CN(c3cncc(OC4CCCCC4)n3)CCN2C1=O. The molecule has 0 radical (unpaired) electrons. The van der Waals surface area contributed by atoms with Crippen molar-refractivity contribution in [3.63, 3.8) is 0 Å². The number of rotatable bonds is 3. The van der Waals surface area contributed by atoms with Crippen LogP contribution in [0.1, 0.15) is 38.5 Å². The highest BCUT2D eigenvalue weighted by Crippen LogP contribution is 2.27. The van der Waals surface area contributed by atoms with Gasteiger partial charge in [0.1, 0.15) is 6.10 Å². The Labute approximate surface area is 142 Å². The first-order valence-corrected chi connectivity index (χ1v) is 9.00. The van der Waals surface area contributed by atoms with E-state index in [2.05, 4.69) is 14.9 Å². The molecule has 1 aliphatic carbocycles. The first-order chi connectivity index (χ1) is 11.7. The predicted octanol–water partition coefficient (Wildman–Crippen LogP) is 0.936. The van der Waals surface area contributed by atoms with Gasteiger partial charge in [-0.15, -0.1) is 0 Å². The van der Waals surface area contributed by atoms with E-state index < -0.39 is 0 Å². The van der Waals surface area contributed by atoms with E-state index in [1.54, 1.807) is 12.4 Å². The van der Waals surface area contributed by atoms with Crippen LogP contribution >= 0.6 is 0 Å². The molecule has 2 N–H and O–H groups in total. The molecule has 2 unspecified atom stereocenters. The topological polar surface area (TPSA) is 84.6 Å². The summed E-state index contributed by atoms with van der Waals surface area (Å²) in [7, 11) is 0. The molecule has 0 bridgehead atoms. The van der Waals surface area contributed by atoms with Crippen molar-refractivity contribution in [1.29, 1.82) is 0 Å². The van der Waals surface area contributed by atoms with Crippen molar-refractivity contribution in [3.05, 3.63) is 12.4 Å². The number of hydrogen-bond acceptors (Lipinski definition) is 6. The Kier molecular flexibility index (Phi) is 4.26. The number of aromatic nitrogens is 2. The largest absolute Gasteiger partial charge is 0.473 e. The standard InChI is InChI=1S/C17H25N5O2/c18-14-8-12-11-21(6-7-22(12)17(14)23)15-9-19-10-16(20-15)24-13-4-2-1-3-5-13/h9-10,12-14H,1-8,11,18H2. The summed E-state index contributed by atoms with van der Waals surface area (Å²) in [4.78, 5) is 25.0. The highest BCUT2D eigenvalue weighted by molar-refractivity contribution is 5.84. The molecule has 3 aliphatic rings. The number of hydrogen-bond donors (Lipinski definition) is 1. The molecule has 2 atom stereocenters. The molecule has 0 spiro atoms. The number of nitrogens with zero attached hydrogens (tertiary/aromatic N) is 4. The van der Waals surface area contributed by atoms with Gasteiger partial charge in [0.15, 0.2) is 5.82 Å². The monoisotopic (exact) mass is 331 g/mol. The van der Waals surface area contributed by atoms with Crippen LogP contribution in [0.3, 0.4) is 0 Å². The van der Waals surface area contributed by atoms with Crippen LogP contribution in [0.15, 0.2) is 12.4 Å². The smallest absolute Gasteiger partial charge is 0.239 e. The number of nitrogens with two attached hydrogens (primary N) is 1. The molecule has 24 heavy (non-hydrogen) atoms. The zero-order valence-corrected chi connectivity index (χ0v) is 13.9. The molecule has 1 aromatic rings. The molecule has 3 fully saturated rings. The molecular formula is C17H25N5O2. The lowest BCUT2D eigenvalue weighted by Gasteiger charge is -2.37. The van der Waals surface area contributed by atoms with Gasteiger partial charge in [-0.2, -0.15) is 4.98 Å². The summed E-state index contributed by atoms with van der Waals surface area (Å²) < 4.78 is 6.02. The lowest BCUT2D eigenvalue weighted by Crippen LogP contribution is -2.52. The zero-order chi connectivity index (χ0) is 16.5. The summed E-state index contributed by atoms with van der Waals surface area (Å²) in [6.07, 6.45) is 10.4. The molecule has 130 valence electrons. The summed E-state index contributed by atoms with van der Waals surface area (Å²) in [6, 6.07) is -0.159. The molecule has 2 saturated heterocycles. The second-order valence-corrected chi connectivity index (χ2v) is 7.07. The number of carbonyl (C=O) groups is 1. The molecule has 1 saturated carbocycles. The van der Waals surface area contributed by atoms with Gasteiger partial charge in [0.2, 0.25) is 11.8 Å². The first kappa shape index (κ1) is 15.6. The van der Waals surface area contributed by atoms with E-state index in [9.17, 15) is 4.79 Å². The third kappa shape index (κ3) is 3.05. The normalized spacial score (nSPS) is 28.1. The fourth-order valence-corrected chi connectivity index (χ4v) is 4.06. The maximum absolute atomic E-state index is 12.0. The first-order valence-electron chi connectivity index (χ1n) is 9.00. The molecule has 4 rings (SSSR count). The van der Waals surface area contributed by atoms with Gasteiger partial charge in [-0.1, -0.05) is 6.42 Å². The Morgan fingerprint density at radius 1 is 1.17 bits per heavy atom. The predicted molar refractivity (Wildman–Crippen MR) is 89.8 cm³/mol. The van der Waals surface area contributed by atoms with Crippen LogP contribution in [-0.4, -0.2) is 58.6 Å². The maximum Gasteiger partial charge on any atom is 0.239 e. The molecule has 3 heterocycles. The molecule has 7 nitrogen and oxygen atoms in total. The Morgan fingerprint density at radius 3 is 2.83 bits per heavy atom. The van der Waals surface area contributed by atoms with Gasteiger partial charge in [-0.25, -0.2) is 0 Å². The van der Waals surface area contributed by atoms with Crippen LogP contribution in [0.25, 0.3) is 0 Å². The third-order valence-electron chi connectivity index (χ3n) is 5.37. The minimum Gasteiger partial charge on any atom is -0.473 e. The number of anilines is 1. The Hall–Kier alpha value is -1.89. The van der Waals surface area contributed by atoms with Gasteiger partial charge >= 0.3 is 0 Å². The number of piperazine rings is 1. The van der Waals surface area contributed by atoms with Crippen molar-refractivity contribution in [2.24, 2.45) is 5.73 Å². The second kappa shape index (κ2) is 6.55. The second-order valence-electron chi connectivity index (χ2n) is 7.07. The van der Waals surface area contributed by atoms with Crippen molar-refractivity contribution in [2.45, 2.75) is 56.7 Å². The van der Waals surface area contributed by atoms with Gasteiger partial charge < -0.3 is 20.3 Å². The summed E-state index contributed by atoms with van der Waals surface area (Å²) >= 11 is 0. The van der Waals surface area contributed by atoms with Gasteiger partial charge in [-0.05, 0) is 32.1 Å². The molecule has 2 aliphatic heterocycles. The molecular weight excluding hydrogens is 306 g/mol. The molecule has 1 aromatic heterocycles. The third-order valence-corrected chi connectivity index (χ3v) is 5.37.